The van der Waals surface area contributed by atoms with E-state index >= 15 is 0 Å². The Morgan fingerprint density at radius 2 is 2.00 bits per heavy atom. The minimum absolute atomic E-state index is 0.00684. The number of nitrogens with one attached hydrogen (secondary N) is 3. The maximum atomic E-state index is 12.7. The quantitative estimate of drug-likeness (QED) is 0.781. The van der Waals surface area contributed by atoms with Gasteiger partial charge in [0.2, 0.25) is 5.91 Å². The van der Waals surface area contributed by atoms with E-state index in [4.69, 9.17) is 0 Å². The van der Waals surface area contributed by atoms with Crippen molar-refractivity contribution in [2.24, 2.45) is 5.92 Å². The van der Waals surface area contributed by atoms with Crippen molar-refractivity contribution in [3.05, 3.63) is 58.7 Å². The maximum Gasteiger partial charge on any atom is 0.255 e. The van der Waals surface area contributed by atoms with Crippen molar-refractivity contribution in [1.82, 2.24) is 5.32 Å². The zero-order valence-electron chi connectivity index (χ0n) is 15.6. The van der Waals surface area contributed by atoms with Crippen molar-refractivity contribution in [1.29, 1.82) is 0 Å². The van der Waals surface area contributed by atoms with Crippen molar-refractivity contribution in [2.75, 3.05) is 23.7 Å². The molecule has 0 saturated carbocycles. The Kier molecular flexibility index (Phi) is 4.94. The molecule has 2 aromatic rings. The van der Waals surface area contributed by atoms with E-state index in [0.717, 1.165) is 36.3 Å². The van der Waals surface area contributed by atoms with Gasteiger partial charge in [-0.3, -0.25) is 9.59 Å². The molecule has 140 valence electrons. The molecule has 2 amide bonds. The molecule has 5 heteroatoms. The van der Waals surface area contributed by atoms with Crippen LogP contribution in [0.5, 0.6) is 0 Å². The van der Waals surface area contributed by atoms with Crippen LogP contribution in [0.25, 0.3) is 0 Å². The van der Waals surface area contributed by atoms with Crippen molar-refractivity contribution < 1.29 is 9.59 Å². The number of rotatable bonds is 4. The van der Waals surface area contributed by atoms with Gasteiger partial charge in [0.15, 0.2) is 0 Å². The number of benzene rings is 2. The molecule has 0 spiro atoms. The minimum atomic E-state index is -0.156. The standard InChI is InChI=1S/C22H25N3O2/c1-14-10-18-6-7-20(26)25-21(18)19(11-14)24-22(27)17-4-2-15(3-5-17)12-16-8-9-23-13-16/h2-5,10-11,16,23H,6-9,12-13H2,1H3,(H,24,27)(H,25,26). The zero-order chi connectivity index (χ0) is 18.8. The molecule has 1 fully saturated rings. The number of hydrogen-bond donors (Lipinski definition) is 3. The third-order valence-electron chi connectivity index (χ3n) is 5.40. The van der Waals surface area contributed by atoms with E-state index in [9.17, 15) is 9.59 Å². The Morgan fingerprint density at radius 1 is 1.19 bits per heavy atom. The van der Waals surface area contributed by atoms with Crippen LogP contribution in [0.3, 0.4) is 0 Å². The Morgan fingerprint density at radius 3 is 2.74 bits per heavy atom. The molecule has 2 aromatic carbocycles. The molecule has 1 atom stereocenters. The molecule has 5 nitrogen and oxygen atoms in total. The molecule has 1 unspecified atom stereocenters. The number of aryl methyl sites for hydroxylation is 2. The van der Waals surface area contributed by atoms with E-state index in [1.165, 1.54) is 12.0 Å². The first-order valence-corrected chi connectivity index (χ1v) is 9.63. The van der Waals surface area contributed by atoms with E-state index in [0.29, 0.717) is 30.0 Å². The zero-order valence-corrected chi connectivity index (χ0v) is 15.6. The van der Waals surface area contributed by atoms with Crippen LogP contribution in [0.15, 0.2) is 36.4 Å². The highest BCUT2D eigenvalue weighted by atomic mass is 16.2. The van der Waals surface area contributed by atoms with Gasteiger partial charge in [-0.25, -0.2) is 0 Å². The van der Waals surface area contributed by atoms with Crippen LogP contribution in [0, 0.1) is 12.8 Å². The van der Waals surface area contributed by atoms with Gasteiger partial charge in [0, 0.05) is 12.0 Å². The third kappa shape index (κ3) is 4.03. The Hall–Kier alpha value is -2.66. The molecule has 27 heavy (non-hydrogen) atoms. The van der Waals surface area contributed by atoms with Crippen LogP contribution in [-0.2, 0) is 17.6 Å². The van der Waals surface area contributed by atoms with Gasteiger partial charge in [0.1, 0.15) is 0 Å². The van der Waals surface area contributed by atoms with Gasteiger partial charge >= 0.3 is 0 Å². The summed E-state index contributed by atoms with van der Waals surface area (Å²) in [7, 11) is 0. The second kappa shape index (κ2) is 7.53. The molecule has 0 radical (unpaired) electrons. The second-order valence-corrected chi connectivity index (χ2v) is 7.61. The normalized spacial score (nSPS) is 18.7. The van der Waals surface area contributed by atoms with Gasteiger partial charge in [0.05, 0.1) is 11.4 Å². The summed E-state index contributed by atoms with van der Waals surface area (Å²) in [6.45, 7) is 4.17. The summed E-state index contributed by atoms with van der Waals surface area (Å²) in [5, 5.41) is 9.27. The number of hydrogen-bond acceptors (Lipinski definition) is 3. The number of fused-ring (bicyclic) bond motifs is 1. The summed E-state index contributed by atoms with van der Waals surface area (Å²) in [6, 6.07) is 11.8. The highest BCUT2D eigenvalue weighted by Gasteiger charge is 2.20. The van der Waals surface area contributed by atoms with Gasteiger partial charge in [-0.05, 0) is 80.1 Å². The van der Waals surface area contributed by atoms with Crippen LogP contribution in [-0.4, -0.2) is 24.9 Å². The average molecular weight is 363 g/mol. The Bertz CT molecular complexity index is 868. The SMILES string of the molecule is Cc1cc2c(c(NC(=O)c3ccc(CC4CCNC4)cc3)c1)NC(=O)CC2. The molecule has 3 N–H and O–H groups in total. The van der Waals surface area contributed by atoms with Gasteiger partial charge < -0.3 is 16.0 Å². The first-order chi connectivity index (χ1) is 13.1. The van der Waals surface area contributed by atoms with E-state index in [1.807, 2.05) is 37.3 Å². The molecular formula is C22H25N3O2. The number of anilines is 2. The summed E-state index contributed by atoms with van der Waals surface area (Å²) in [5.74, 6) is 0.524. The lowest BCUT2D eigenvalue weighted by Crippen LogP contribution is -2.22. The van der Waals surface area contributed by atoms with Gasteiger partial charge in [-0.1, -0.05) is 18.2 Å². The van der Waals surface area contributed by atoms with E-state index < -0.39 is 0 Å². The van der Waals surface area contributed by atoms with Crippen LogP contribution in [0.2, 0.25) is 0 Å². The van der Waals surface area contributed by atoms with Crippen LogP contribution < -0.4 is 16.0 Å². The number of amides is 2. The van der Waals surface area contributed by atoms with Crippen LogP contribution in [0.1, 0.15) is 39.9 Å². The molecule has 0 aliphatic carbocycles. The third-order valence-corrected chi connectivity index (χ3v) is 5.40. The monoisotopic (exact) mass is 363 g/mol. The van der Waals surface area contributed by atoms with Gasteiger partial charge in [-0.15, -0.1) is 0 Å². The Labute approximate surface area is 159 Å². The molecule has 2 aliphatic rings. The lowest BCUT2D eigenvalue weighted by Gasteiger charge is -2.21. The second-order valence-electron chi connectivity index (χ2n) is 7.61. The minimum Gasteiger partial charge on any atom is -0.324 e. The molecular weight excluding hydrogens is 338 g/mol. The van der Waals surface area contributed by atoms with Crippen LogP contribution >= 0.6 is 0 Å². The lowest BCUT2D eigenvalue weighted by atomic mass is 9.97. The summed E-state index contributed by atoms with van der Waals surface area (Å²) in [6.07, 6.45) is 3.46. The number of carbonyl (C=O) groups is 2. The van der Waals surface area contributed by atoms with Crippen molar-refractivity contribution in [3.8, 4) is 0 Å². The Balaban J connectivity index is 1.49. The van der Waals surface area contributed by atoms with E-state index in [-0.39, 0.29) is 11.8 Å². The topological polar surface area (TPSA) is 70.2 Å². The number of carbonyl (C=O) groups excluding carboxylic acids is 2. The summed E-state index contributed by atoms with van der Waals surface area (Å²) < 4.78 is 0. The fraction of sp³-hybridized carbons (Fsp3) is 0.364. The average Bonchev–Trinajstić information content (AvgIpc) is 3.16. The largest absolute Gasteiger partial charge is 0.324 e. The highest BCUT2D eigenvalue weighted by Crippen LogP contribution is 2.32. The van der Waals surface area contributed by atoms with E-state index in [2.05, 4.69) is 22.0 Å². The fourth-order valence-corrected chi connectivity index (χ4v) is 3.96. The molecule has 1 saturated heterocycles. The van der Waals surface area contributed by atoms with Crippen molar-refractivity contribution in [3.63, 3.8) is 0 Å². The summed E-state index contributed by atoms with van der Waals surface area (Å²) in [4.78, 5) is 24.5. The fourth-order valence-electron chi connectivity index (χ4n) is 3.96. The molecule has 2 aliphatic heterocycles. The van der Waals surface area contributed by atoms with Crippen LogP contribution in [0.4, 0.5) is 11.4 Å². The first kappa shape index (κ1) is 17.7. The van der Waals surface area contributed by atoms with Crippen molar-refractivity contribution in [2.45, 2.75) is 32.6 Å². The predicted octanol–water partition coefficient (Wildman–Crippen LogP) is 3.28. The maximum absolute atomic E-state index is 12.7. The highest BCUT2D eigenvalue weighted by molar-refractivity contribution is 6.08. The molecule has 0 aromatic heterocycles. The smallest absolute Gasteiger partial charge is 0.255 e. The van der Waals surface area contributed by atoms with Gasteiger partial charge in [0.25, 0.3) is 5.91 Å². The van der Waals surface area contributed by atoms with E-state index in [1.54, 1.807) is 0 Å². The molecule has 4 rings (SSSR count). The lowest BCUT2D eigenvalue weighted by molar-refractivity contribution is -0.116. The summed E-state index contributed by atoms with van der Waals surface area (Å²) >= 11 is 0. The molecule has 2 heterocycles. The first-order valence-electron chi connectivity index (χ1n) is 9.63. The predicted molar refractivity (Wildman–Crippen MR) is 107 cm³/mol. The van der Waals surface area contributed by atoms with Gasteiger partial charge in [-0.2, -0.15) is 0 Å². The summed E-state index contributed by atoms with van der Waals surface area (Å²) in [5.41, 5.74) is 5.44. The molecule has 0 bridgehead atoms. The van der Waals surface area contributed by atoms with Crippen molar-refractivity contribution >= 4 is 23.2 Å².